The van der Waals surface area contributed by atoms with Gasteiger partial charge in [-0.1, -0.05) is 35.9 Å². The van der Waals surface area contributed by atoms with Gasteiger partial charge >= 0.3 is 0 Å². The van der Waals surface area contributed by atoms with Crippen LogP contribution in [0.4, 0.5) is 10.2 Å². The Balaban J connectivity index is 2.00. The third-order valence-corrected chi connectivity index (χ3v) is 2.80. The number of aromatic nitrogens is 1. The molecular weight excluding hydrogens is 255 g/mol. The number of pyridine rings is 1. The zero-order valence-electron chi connectivity index (χ0n) is 9.48. The Labute approximate surface area is 109 Å². The smallest absolute Gasteiger partial charge is 0.214 e. The quantitative estimate of drug-likeness (QED) is 0.836. The fourth-order valence-corrected chi connectivity index (χ4v) is 1.82. The fraction of sp³-hybridized carbons (Fsp3) is 0.154. The second-order valence-electron chi connectivity index (χ2n) is 3.76. The van der Waals surface area contributed by atoms with Gasteiger partial charge in [0.05, 0.1) is 6.10 Å². The van der Waals surface area contributed by atoms with Crippen molar-refractivity contribution in [3.8, 4) is 0 Å². The van der Waals surface area contributed by atoms with E-state index in [1.165, 1.54) is 6.07 Å². The molecule has 1 aromatic heterocycles. The molecule has 5 heteroatoms. The van der Waals surface area contributed by atoms with Crippen LogP contribution >= 0.6 is 11.6 Å². The van der Waals surface area contributed by atoms with Crippen LogP contribution in [-0.2, 0) is 0 Å². The lowest BCUT2D eigenvalue weighted by atomic mass is 10.1. The standard InChI is InChI=1S/C13H12ClFN2O/c14-10-5-2-1-4-9(10)11(18)8-16-13-7-3-6-12(15)17-13/h1-7,11,18H,8H2,(H,16,17). The molecular formula is C13H12ClFN2O. The number of aliphatic hydroxyl groups is 1. The van der Waals surface area contributed by atoms with Crippen LogP contribution in [0.1, 0.15) is 11.7 Å². The normalized spacial score (nSPS) is 12.2. The molecule has 0 aliphatic rings. The average molecular weight is 267 g/mol. The SMILES string of the molecule is OC(CNc1cccc(F)n1)c1ccccc1Cl. The van der Waals surface area contributed by atoms with Crippen LogP contribution in [-0.4, -0.2) is 16.6 Å². The van der Waals surface area contributed by atoms with E-state index in [9.17, 15) is 9.50 Å². The number of hydrogen-bond donors (Lipinski definition) is 2. The summed E-state index contributed by atoms with van der Waals surface area (Å²) in [6.07, 6.45) is -0.774. The van der Waals surface area contributed by atoms with Gasteiger partial charge in [-0.2, -0.15) is 4.39 Å². The molecule has 2 aromatic rings. The summed E-state index contributed by atoms with van der Waals surface area (Å²) in [5.41, 5.74) is 0.628. The fourth-order valence-electron chi connectivity index (χ4n) is 1.56. The highest BCUT2D eigenvalue weighted by Crippen LogP contribution is 2.22. The summed E-state index contributed by atoms with van der Waals surface area (Å²) in [4.78, 5) is 3.64. The van der Waals surface area contributed by atoms with Gasteiger partial charge in [0.15, 0.2) is 0 Å². The van der Waals surface area contributed by atoms with Gasteiger partial charge in [-0.15, -0.1) is 0 Å². The minimum absolute atomic E-state index is 0.209. The van der Waals surface area contributed by atoms with E-state index in [1.54, 1.807) is 36.4 Å². The molecule has 0 amide bonds. The summed E-state index contributed by atoms with van der Waals surface area (Å²) in [7, 11) is 0. The molecule has 0 spiro atoms. The monoisotopic (exact) mass is 266 g/mol. The van der Waals surface area contributed by atoms with Crippen molar-refractivity contribution in [2.75, 3.05) is 11.9 Å². The number of anilines is 1. The van der Waals surface area contributed by atoms with Crippen molar-refractivity contribution >= 4 is 17.4 Å². The molecule has 2 N–H and O–H groups in total. The zero-order valence-corrected chi connectivity index (χ0v) is 10.2. The number of benzene rings is 1. The Morgan fingerprint density at radius 2 is 2.00 bits per heavy atom. The van der Waals surface area contributed by atoms with Crippen LogP contribution in [0, 0.1) is 5.95 Å². The third-order valence-electron chi connectivity index (χ3n) is 2.46. The van der Waals surface area contributed by atoms with Gasteiger partial charge in [-0.25, -0.2) is 4.98 Å². The van der Waals surface area contributed by atoms with Gasteiger partial charge in [-0.3, -0.25) is 0 Å². The molecule has 0 saturated heterocycles. The highest BCUT2D eigenvalue weighted by Gasteiger charge is 2.10. The van der Waals surface area contributed by atoms with Crippen LogP contribution < -0.4 is 5.32 Å². The molecule has 3 nitrogen and oxygen atoms in total. The molecule has 1 heterocycles. The van der Waals surface area contributed by atoms with E-state index in [0.29, 0.717) is 16.4 Å². The highest BCUT2D eigenvalue weighted by molar-refractivity contribution is 6.31. The summed E-state index contributed by atoms with van der Waals surface area (Å²) in [5, 5.41) is 13.3. The Bertz CT molecular complexity index is 536. The maximum atomic E-state index is 12.8. The molecule has 1 atom stereocenters. The molecule has 18 heavy (non-hydrogen) atoms. The van der Waals surface area contributed by atoms with Gasteiger partial charge in [0.1, 0.15) is 5.82 Å². The van der Waals surface area contributed by atoms with Gasteiger partial charge in [0.25, 0.3) is 0 Å². The molecule has 0 saturated carbocycles. The Kier molecular flexibility index (Phi) is 4.12. The maximum absolute atomic E-state index is 12.8. The average Bonchev–Trinajstić information content (AvgIpc) is 2.37. The van der Waals surface area contributed by atoms with Gasteiger partial charge in [0.2, 0.25) is 5.95 Å². The summed E-state index contributed by atoms with van der Waals surface area (Å²) in [6.45, 7) is 0.209. The molecule has 2 rings (SSSR count). The van der Waals surface area contributed by atoms with Crippen molar-refractivity contribution in [3.63, 3.8) is 0 Å². The topological polar surface area (TPSA) is 45.1 Å². The van der Waals surface area contributed by atoms with Crippen molar-refractivity contribution in [2.24, 2.45) is 0 Å². The van der Waals surface area contributed by atoms with Gasteiger partial charge in [-0.05, 0) is 18.2 Å². The summed E-state index contributed by atoms with van der Waals surface area (Å²) in [6, 6.07) is 11.5. The minimum Gasteiger partial charge on any atom is -0.387 e. The highest BCUT2D eigenvalue weighted by atomic mass is 35.5. The predicted octanol–water partition coefficient (Wildman–Crippen LogP) is 3.02. The van der Waals surface area contributed by atoms with E-state index >= 15 is 0 Å². The van der Waals surface area contributed by atoms with Crippen molar-refractivity contribution in [1.82, 2.24) is 4.98 Å². The second kappa shape index (κ2) is 5.80. The second-order valence-corrected chi connectivity index (χ2v) is 4.17. The van der Waals surface area contributed by atoms with Crippen molar-refractivity contribution in [2.45, 2.75) is 6.10 Å². The number of halogens is 2. The molecule has 0 bridgehead atoms. The molecule has 0 radical (unpaired) electrons. The molecule has 0 fully saturated rings. The van der Waals surface area contributed by atoms with Crippen LogP contribution in [0.5, 0.6) is 0 Å². The first-order valence-electron chi connectivity index (χ1n) is 5.46. The lowest BCUT2D eigenvalue weighted by Crippen LogP contribution is -2.13. The number of nitrogens with zero attached hydrogens (tertiary/aromatic N) is 1. The largest absolute Gasteiger partial charge is 0.387 e. The zero-order chi connectivity index (χ0) is 13.0. The molecule has 94 valence electrons. The van der Waals surface area contributed by atoms with E-state index in [4.69, 9.17) is 11.6 Å². The Morgan fingerprint density at radius 3 is 2.72 bits per heavy atom. The predicted molar refractivity (Wildman–Crippen MR) is 69.1 cm³/mol. The van der Waals surface area contributed by atoms with Crippen LogP contribution in [0.25, 0.3) is 0 Å². The molecule has 1 unspecified atom stereocenters. The summed E-state index contributed by atoms with van der Waals surface area (Å²) >= 11 is 5.96. The lowest BCUT2D eigenvalue weighted by molar-refractivity contribution is 0.191. The number of aliphatic hydroxyl groups excluding tert-OH is 1. The number of hydrogen-bond acceptors (Lipinski definition) is 3. The first-order chi connectivity index (χ1) is 8.66. The van der Waals surface area contributed by atoms with E-state index in [1.807, 2.05) is 0 Å². The van der Waals surface area contributed by atoms with E-state index in [2.05, 4.69) is 10.3 Å². The van der Waals surface area contributed by atoms with E-state index in [0.717, 1.165) is 0 Å². The number of nitrogens with one attached hydrogen (secondary N) is 1. The van der Waals surface area contributed by atoms with Crippen molar-refractivity contribution in [3.05, 3.63) is 59.0 Å². The van der Waals surface area contributed by atoms with Gasteiger partial charge in [0, 0.05) is 17.1 Å². The minimum atomic E-state index is -0.774. The van der Waals surface area contributed by atoms with E-state index < -0.39 is 12.1 Å². The van der Waals surface area contributed by atoms with Crippen LogP contribution in [0.3, 0.4) is 0 Å². The van der Waals surface area contributed by atoms with Crippen molar-refractivity contribution < 1.29 is 9.50 Å². The maximum Gasteiger partial charge on any atom is 0.214 e. The summed E-state index contributed by atoms with van der Waals surface area (Å²) < 4.78 is 12.8. The van der Waals surface area contributed by atoms with Crippen LogP contribution in [0.15, 0.2) is 42.5 Å². The van der Waals surface area contributed by atoms with Crippen LogP contribution in [0.2, 0.25) is 5.02 Å². The number of rotatable bonds is 4. The summed E-state index contributed by atoms with van der Waals surface area (Å²) in [5.74, 6) is -0.187. The third kappa shape index (κ3) is 3.18. The first-order valence-corrected chi connectivity index (χ1v) is 5.83. The van der Waals surface area contributed by atoms with Crippen molar-refractivity contribution in [1.29, 1.82) is 0 Å². The van der Waals surface area contributed by atoms with E-state index in [-0.39, 0.29) is 6.54 Å². The Morgan fingerprint density at radius 1 is 1.22 bits per heavy atom. The molecule has 0 aliphatic carbocycles. The lowest BCUT2D eigenvalue weighted by Gasteiger charge is -2.13. The first kappa shape index (κ1) is 12.8. The molecule has 1 aromatic carbocycles. The Hall–Kier alpha value is -1.65. The molecule has 0 aliphatic heterocycles. The van der Waals surface area contributed by atoms with Gasteiger partial charge < -0.3 is 10.4 Å².